The molecule has 0 saturated carbocycles. The van der Waals surface area contributed by atoms with Crippen molar-refractivity contribution in [3.05, 3.63) is 0 Å². The third-order valence-electron chi connectivity index (χ3n) is 3.44. The molecule has 0 fully saturated rings. The summed E-state index contributed by atoms with van der Waals surface area (Å²) in [6.45, 7) is 10.1. The first-order chi connectivity index (χ1) is 13.1. The predicted octanol–water partition coefficient (Wildman–Crippen LogP) is 4.79. The quantitative estimate of drug-likeness (QED) is 0.298. The molecular formula is C15H36NO9P3. The van der Waals surface area contributed by atoms with Gasteiger partial charge in [0.25, 0.3) is 0 Å². The molecule has 1 atom stereocenters. The standard InChI is InChI=1S/C15H36NO9P3/c1-7-20-26(17,21-8-2)14(16)13-15(27(18,22-9-3)23-10-4)28(19,24-11-5)25-12-6/h14-15H,7-13,16H2,1-6H3. The third-order valence-corrected chi connectivity index (χ3v) is 11.8. The van der Waals surface area contributed by atoms with Gasteiger partial charge in [0.15, 0.2) is 5.40 Å². The summed E-state index contributed by atoms with van der Waals surface area (Å²) in [4.78, 5) is 0. The average Bonchev–Trinajstić information content (AvgIpc) is 2.60. The summed E-state index contributed by atoms with van der Waals surface area (Å²) in [5, 5.41) is -1.39. The molecule has 0 aromatic carbocycles. The van der Waals surface area contributed by atoms with Gasteiger partial charge in [-0.3, -0.25) is 13.7 Å². The lowest BCUT2D eigenvalue weighted by atomic mass is 10.5. The van der Waals surface area contributed by atoms with Crippen LogP contribution >= 0.6 is 22.8 Å². The normalized spacial score (nSPS) is 14.6. The van der Waals surface area contributed by atoms with E-state index in [4.69, 9.17) is 32.9 Å². The summed E-state index contributed by atoms with van der Waals surface area (Å²) in [5.74, 6) is -1.24. The van der Waals surface area contributed by atoms with E-state index in [1.165, 1.54) is 0 Å². The zero-order chi connectivity index (χ0) is 21.8. The molecule has 13 heteroatoms. The van der Waals surface area contributed by atoms with Gasteiger partial charge in [0.1, 0.15) is 5.78 Å². The molecule has 0 rings (SSSR count). The van der Waals surface area contributed by atoms with Crippen LogP contribution in [0.2, 0.25) is 0 Å². The van der Waals surface area contributed by atoms with E-state index in [9.17, 15) is 13.7 Å². The molecular weight excluding hydrogens is 431 g/mol. The molecule has 0 aliphatic rings. The minimum absolute atomic E-state index is 0.0375. The summed E-state index contributed by atoms with van der Waals surface area (Å²) < 4.78 is 72.0. The van der Waals surface area contributed by atoms with Crippen molar-refractivity contribution in [1.29, 1.82) is 0 Å². The van der Waals surface area contributed by atoms with Crippen LogP contribution in [0.5, 0.6) is 0 Å². The molecule has 2 N–H and O–H groups in total. The predicted molar refractivity (Wildman–Crippen MR) is 109 cm³/mol. The number of nitrogens with two attached hydrogens (primary N) is 1. The molecule has 170 valence electrons. The van der Waals surface area contributed by atoms with Gasteiger partial charge >= 0.3 is 22.8 Å². The Morgan fingerprint density at radius 3 is 1.07 bits per heavy atom. The highest BCUT2D eigenvalue weighted by atomic mass is 31.2. The number of hydrogen-bond acceptors (Lipinski definition) is 10. The molecule has 1 unspecified atom stereocenters. The smallest absolute Gasteiger partial charge is 0.318 e. The third kappa shape index (κ3) is 7.92. The molecule has 0 aliphatic carbocycles. The molecule has 0 bridgehead atoms. The van der Waals surface area contributed by atoms with Gasteiger partial charge in [-0.15, -0.1) is 0 Å². The Kier molecular flexibility index (Phi) is 13.9. The van der Waals surface area contributed by atoms with E-state index in [1.807, 2.05) is 0 Å². The van der Waals surface area contributed by atoms with Gasteiger partial charge in [-0.05, 0) is 48.0 Å². The SMILES string of the molecule is CCOP(=O)(OCC)C(N)CC(P(=O)(OCC)OCC)P(=O)(OCC)OCC. The summed E-state index contributed by atoms with van der Waals surface area (Å²) in [7, 11) is -11.8. The fraction of sp³-hybridized carbons (Fsp3) is 1.00. The molecule has 0 amide bonds. The lowest BCUT2D eigenvalue weighted by Crippen LogP contribution is -2.30. The Hall–Kier alpha value is 0.410. The first kappa shape index (κ1) is 28.4. The summed E-state index contributed by atoms with van der Waals surface area (Å²) >= 11 is 0. The first-order valence-corrected chi connectivity index (χ1v) is 14.4. The van der Waals surface area contributed by atoms with Crippen molar-refractivity contribution in [2.45, 2.75) is 59.1 Å². The van der Waals surface area contributed by atoms with Crippen molar-refractivity contribution < 1.29 is 40.8 Å². The average molecular weight is 467 g/mol. The van der Waals surface area contributed by atoms with E-state index in [-0.39, 0.29) is 46.1 Å². The summed E-state index contributed by atoms with van der Waals surface area (Å²) in [5.41, 5.74) is 6.13. The van der Waals surface area contributed by atoms with Gasteiger partial charge in [-0.1, -0.05) is 0 Å². The monoisotopic (exact) mass is 467 g/mol. The molecule has 0 aromatic rings. The first-order valence-electron chi connectivity index (χ1n) is 9.54. The summed E-state index contributed by atoms with van der Waals surface area (Å²) in [6.07, 6.45) is -0.328. The minimum Gasteiger partial charge on any atom is -0.318 e. The van der Waals surface area contributed by atoms with Crippen LogP contribution in [0.3, 0.4) is 0 Å². The maximum Gasteiger partial charge on any atom is 0.347 e. The van der Waals surface area contributed by atoms with Gasteiger partial charge < -0.3 is 32.9 Å². The highest BCUT2D eigenvalue weighted by Gasteiger charge is 2.53. The second-order valence-electron chi connectivity index (χ2n) is 5.41. The molecule has 28 heavy (non-hydrogen) atoms. The largest absolute Gasteiger partial charge is 0.347 e. The molecule has 0 saturated heterocycles. The van der Waals surface area contributed by atoms with Crippen LogP contribution in [0.25, 0.3) is 0 Å². The fourth-order valence-electron chi connectivity index (χ4n) is 2.50. The van der Waals surface area contributed by atoms with Gasteiger partial charge in [0.2, 0.25) is 0 Å². The molecule has 0 heterocycles. The Balaban J connectivity index is 6.18. The molecule has 0 spiro atoms. The van der Waals surface area contributed by atoms with E-state index in [2.05, 4.69) is 0 Å². The Morgan fingerprint density at radius 2 is 0.821 bits per heavy atom. The Labute approximate surface area is 168 Å². The van der Waals surface area contributed by atoms with E-state index in [1.54, 1.807) is 41.5 Å². The van der Waals surface area contributed by atoms with E-state index >= 15 is 0 Å². The number of hydrogen-bond donors (Lipinski definition) is 1. The second-order valence-corrected chi connectivity index (χ2v) is 12.5. The van der Waals surface area contributed by atoms with E-state index in [0.717, 1.165) is 0 Å². The van der Waals surface area contributed by atoms with Crippen LogP contribution in [-0.2, 0) is 40.8 Å². The Bertz CT molecular complexity index is 515. The van der Waals surface area contributed by atoms with Gasteiger partial charge in [-0.2, -0.15) is 0 Å². The zero-order valence-corrected chi connectivity index (χ0v) is 20.4. The molecule has 0 aromatic heterocycles. The Morgan fingerprint density at radius 1 is 0.571 bits per heavy atom. The lowest BCUT2D eigenvalue weighted by Gasteiger charge is -2.33. The number of rotatable bonds is 17. The van der Waals surface area contributed by atoms with Crippen molar-refractivity contribution in [3.63, 3.8) is 0 Å². The molecule has 0 aliphatic heterocycles. The van der Waals surface area contributed by atoms with Crippen LogP contribution < -0.4 is 5.73 Å². The van der Waals surface area contributed by atoms with Crippen molar-refractivity contribution in [3.8, 4) is 0 Å². The van der Waals surface area contributed by atoms with Crippen LogP contribution in [0.4, 0.5) is 0 Å². The second kappa shape index (κ2) is 13.7. The van der Waals surface area contributed by atoms with Crippen molar-refractivity contribution >= 4 is 22.8 Å². The van der Waals surface area contributed by atoms with Crippen LogP contribution in [-0.4, -0.2) is 50.8 Å². The highest BCUT2D eigenvalue weighted by Crippen LogP contribution is 2.72. The summed E-state index contributed by atoms with van der Waals surface area (Å²) in [6, 6.07) is 0. The van der Waals surface area contributed by atoms with Crippen LogP contribution in [0, 0.1) is 0 Å². The topological polar surface area (TPSA) is 133 Å². The highest BCUT2D eigenvalue weighted by molar-refractivity contribution is 7.72. The maximum absolute atomic E-state index is 13.5. The van der Waals surface area contributed by atoms with Crippen molar-refractivity contribution in [2.75, 3.05) is 39.6 Å². The van der Waals surface area contributed by atoms with Gasteiger partial charge in [0, 0.05) is 0 Å². The van der Waals surface area contributed by atoms with E-state index < -0.39 is 34.0 Å². The fourth-order valence-corrected chi connectivity index (χ4v) is 9.92. The lowest BCUT2D eigenvalue weighted by molar-refractivity contribution is 0.190. The van der Waals surface area contributed by atoms with Crippen molar-refractivity contribution in [2.24, 2.45) is 5.73 Å². The van der Waals surface area contributed by atoms with Crippen LogP contribution in [0.1, 0.15) is 48.0 Å². The van der Waals surface area contributed by atoms with Crippen LogP contribution in [0.15, 0.2) is 0 Å². The zero-order valence-electron chi connectivity index (χ0n) is 17.7. The van der Waals surface area contributed by atoms with Crippen molar-refractivity contribution in [1.82, 2.24) is 0 Å². The molecule has 10 nitrogen and oxygen atoms in total. The maximum atomic E-state index is 13.5. The van der Waals surface area contributed by atoms with Gasteiger partial charge in [0.05, 0.1) is 39.6 Å². The molecule has 0 radical (unpaired) electrons. The van der Waals surface area contributed by atoms with E-state index in [0.29, 0.717) is 0 Å². The van der Waals surface area contributed by atoms with Gasteiger partial charge in [-0.25, -0.2) is 0 Å². The minimum atomic E-state index is -4.00.